The Hall–Kier alpha value is -1.50. The fourth-order valence-electron chi connectivity index (χ4n) is 3.21. The average molecular weight is 363 g/mol. The van der Waals surface area contributed by atoms with Crippen molar-refractivity contribution in [1.82, 2.24) is 4.98 Å². The Morgan fingerprint density at radius 1 is 1.36 bits per heavy atom. The van der Waals surface area contributed by atoms with Crippen LogP contribution in [0.25, 0.3) is 10.2 Å². The van der Waals surface area contributed by atoms with Gasteiger partial charge in [-0.05, 0) is 31.0 Å². The largest absolute Gasteiger partial charge is 0.370 e. The van der Waals surface area contributed by atoms with Gasteiger partial charge in [-0.15, -0.1) is 0 Å². The number of nitrogens with one attached hydrogen (secondary N) is 1. The summed E-state index contributed by atoms with van der Waals surface area (Å²) in [6.45, 7) is 9.83. The fourth-order valence-corrected chi connectivity index (χ4v) is 4.32. The van der Waals surface area contributed by atoms with Gasteiger partial charge in [-0.2, -0.15) is 0 Å². The van der Waals surface area contributed by atoms with Gasteiger partial charge in [-0.1, -0.05) is 24.3 Å². The van der Waals surface area contributed by atoms with Crippen LogP contribution in [0.1, 0.15) is 31.7 Å². The molecule has 2 aromatic rings. The van der Waals surface area contributed by atoms with Crippen molar-refractivity contribution < 1.29 is 14.4 Å². The number of nitrogens with zero attached hydrogens (tertiary/aromatic N) is 2. The van der Waals surface area contributed by atoms with Crippen molar-refractivity contribution in [1.29, 1.82) is 0 Å². The minimum atomic E-state index is 0.190. The van der Waals surface area contributed by atoms with E-state index < -0.39 is 0 Å². The predicted octanol–water partition coefficient (Wildman–Crippen LogP) is 2.04. The van der Waals surface area contributed by atoms with E-state index in [-0.39, 0.29) is 5.91 Å². The number of hydrogen-bond acceptors (Lipinski definition) is 4. The number of benzene rings is 1. The summed E-state index contributed by atoms with van der Waals surface area (Å²) in [7, 11) is 0. The molecule has 136 valence electrons. The first kappa shape index (κ1) is 18.3. The van der Waals surface area contributed by atoms with Gasteiger partial charge in [0, 0.05) is 19.4 Å². The normalized spacial score (nSPS) is 15.6. The van der Waals surface area contributed by atoms with Crippen LogP contribution in [0.5, 0.6) is 0 Å². The van der Waals surface area contributed by atoms with Gasteiger partial charge in [-0.3, -0.25) is 9.69 Å². The van der Waals surface area contributed by atoms with Crippen molar-refractivity contribution in [3.8, 4) is 0 Å². The molecular formula is C19H28N3O2S+. The third-order valence-corrected chi connectivity index (χ3v) is 5.68. The molecule has 1 N–H and O–H groups in total. The highest BCUT2D eigenvalue weighted by molar-refractivity contribution is 7.22. The molecule has 1 aliphatic heterocycles. The van der Waals surface area contributed by atoms with E-state index in [1.165, 1.54) is 5.56 Å². The van der Waals surface area contributed by atoms with Gasteiger partial charge < -0.3 is 9.64 Å². The maximum atomic E-state index is 12.6. The van der Waals surface area contributed by atoms with Crippen LogP contribution in [0, 0.1) is 6.92 Å². The zero-order valence-corrected chi connectivity index (χ0v) is 16.0. The Bertz CT molecular complexity index is 710. The van der Waals surface area contributed by atoms with Crippen molar-refractivity contribution in [3.05, 3.63) is 23.8 Å². The molecule has 2 heterocycles. The highest BCUT2D eigenvalue weighted by atomic mass is 32.1. The first-order valence-electron chi connectivity index (χ1n) is 9.26. The van der Waals surface area contributed by atoms with Gasteiger partial charge in [0.25, 0.3) is 0 Å². The predicted molar refractivity (Wildman–Crippen MR) is 103 cm³/mol. The smallest absolute Gasteiger partial charge is 0.228 e. The van der Waals surface area contributed by atoms with Crippen molar-refractivity contribution in [2.45, 2.75) is 33.1 Å². The zero-order chi connectivity index (χ0) is 17.6. The SMILES string of the molecule is CCCC(=O)N(CCC[NH+]1CCOCC1)c1nc2ccc(C)cc2s1. The number of thiazole rings is 1. The van der Waals surface area contributed by atoms with E-state index in [4.69, 9.17) is 9.72 Å². The molecule has 25 heavy (non-hydrogen) atoms. The summed E-state index contributed by atoms with van der Waals surface area (Å²) >= 11 is 1.63. The number of carbonyl (C=O) groups excluding carboxylic acids is 1. The van der Waals surface area contributed by atoms with E-state index in [1.807, 2.05) is 11.0 Å². The average Bonchev–Trinajstić information content (AvgIpc) is 3.02. The Morgan fingerprint density at radius 3 is 2.92 bits per heavy atom. The van der Waals surface area contributed by atoms with Crippen LogP contribution < -0.4 is 9.80 Å². The minimum absolute atomic E-state index is 0.190. The molecule has 5 nitrogen and oxygen atoms in total. The summed E-state index contributed by atoms with van der Waals surface area (Å²) in [4.78, 5) is 20.8. The highest BCUT2D eigenvalue weighted by Gasteiger charge is 2.20. The van der Waals surface area contributed by atoms with Crippen LogP contribution in [0.4, 0.5) is 5.13 Å². The molecule has 1 aromatic carbocycles. The third-order valence-electron chi connectivity index (χ3n) is 4.64. The molecule has 1 aliphatic rings. The lowest BCUT2D eigenvalue weighted by Crippen LogP contribution is -3.14. The Morgan fingerprint density at radius 2 is 2.16 bits per heavy atom. The molecule has 0 aliphatic carbocycles. The topological polar surface area (TPSA) is 46.9 Å². The number of rotatable bonds is 7. The Balaban J connectivity index is 1.70. The van der Waals surface area contributed by atoms with Crippen LogP contribution >= 0.6 is 11.3 Å². The molecule has 0 unspecified atom stereocenters. The van der Waals surface area contributed by atoms with Gasteiger partial charge >= 0.3 is 0 Å². The summed E-state index contributed by atoms with van der Waals surface area (Å²) < 4.78 is 6.57. The quantitative estimate of drug-likeness (QED) is 0.820. The maximum absolute atomic E-state index is 12.6. The Labute approximate surface area is 153 Å². The Kier molecular flexibility index (Phi) is 6.39. The third kappa shape index (κ3) is 4.77. The van der Waals surface area contributed by atoms with Gasteiger partial charge in [-0.25, -0.2) is 4.98 Å². The molecule has 1 fully saturated rings. The van der Waals surface area contributed by atoms with Crippen molar-refractivity contribution in [2.24, 2.45) is 0 Å². The molecular weight excluding hydrogens is 334 g/mol. The monoisotopic (exact) mass is 362 g/mol. The molecule has 6 heteroatoms. The summed E-state index contributed by atoms with van der Waals surface area (Å²) in [5.74, 6) is 0.190. The number of hydrogen-bond donors (Lipinski definition) is 1. The van der Waals surface area contributed by atoms with E-state index in [1.54, 1.807) is 16.2 Å². The van der Waals surface area contributed by atoms with E-state index in [0.717, 1.165) is 67.6 Å². The zero-order valence-electron chi connectivity index (χ0n) is 15.2. The van der Waals surface area contributed by atoms with Gasteiger partial charge in [0.1, 0.15) is 13.1 Å². The molecule has 0 bridgehead atoms. The molecule has 0 saturated carbocycles. The molecule has 0 atom stereocenters. The van der Waals surface area contributed by atoms with Crippen LogP contribution in [-0.2, 0) is 9.53 Å². The molecule has 1 amide bonds. The molecule has 0 spiro atoms. The lowest BCUT2D eigenvalue weighted by molar-refractivity contribution is -0.908. The second-order valence-corrected chi connectivity index (χ2v) is 7.74. The summed E-state index contributed by atoms with van der Waals surface area (Å²) in [6, 6.07) is 6.27. The molecule has 3 rings (SSSR count). The maximum Gasteiger partial charge on any atom is 0.228 e. The van der Waals surface area contributed by atoms with E-state index in [9.17, 15) is 4.79 Å². The van der Waals surface area contributed by atoms with Crippen molar-refractivity contribution in [3.63, 3.8) is 0 Å². The number of carbonyl (C=O) groups is 1. The van der Waals surface area contributed by atoms with E-state index >= 15 is 0 Å². The second-order valence-electron chi connectivity index (χ2n) is 6.73. The molecule has 1 aromatic heterocycles. The van der Waals surface area contributed by atoms with Crippen molar-refractivity contribution in [2.75, 3.05) is 44.3 Å². The van der Waals surface area contributed by atoms with Crippen LogP contribution in [0.3, 0.4) is 0 Å². The number of fused-ring (bicyclic) bond motifs is 1. The van der Waals surface area contributed by atoms with Gasteiger partial charge in [0.15, 0.2) is 5.13 Å². The number of morpholine rings is 1. The number of anilines is 1. The number of quaternary nitrogens is 1. The lowest BCUT2D eigenvalue weighted by Gasteiger charge is -2.25. The van der Waals surface area contributed by atoms with Crippen LogP contribution in [0.2, 0.25) is 0 Å². The van der Waals surface area contributed by atoms with E-state index in [2.05, 4.69) is 26.0 Å². The second kappa shape index (κ2) is 8.74. The highest BCUT2D eigenvalue weighted by Crippen LogP contribution is 2.30. The molecule has 0 radical (unpaired) electrons. The number of amides is 1. The number of aryl methyl sites for hydroxylation is 1. The fraction of sp³-hybridized carbons (Fsp3) is 0.579. The number of ether oxygens (including phenoxy) is 1. The van der Waals surface area contributed by atoms with Crippen molar-refractivity contribution >= 4 is 32.6 Å². The first-order valence-corrected chi connectivity index (χ1v) is 10.1. The van der Waals surface area contributed by atoms with Crippen LogP contribution in [0.15, 0.2) is 18.2 Å². The summed E-state index contributed by atoms with van der Waals surface area (Å²) in [5, 5.41) is 0.844. The van der Waals surface area contributed by atoms with Crippen LogP contribution in [-0.4, -0.2) is 50.3 Å². The lowest BCUT2D eigenvalue weighted by atomic mass is 10.2. The standard InChI is InChI=1S/C19H27N3O2S/c1-3-5-18(23)22(9-4-8-21-10-12-24-13-11-21)19-20-16-7-6-15(2)14-17(16)25-19/h6-7,14H,3-5,8-13H2,1-2H3/p+1. The van der Waals surface area contributed by atoms with Gasteiger partial charge in [0.2, 0.25) is 5.91 Å². The minimum Gasteiger partial charge on any atom is -0.370 e. The summed E-state index contributed by atoms with van der Waals surface area (Å²) in [6.07, 6.45) is 2.45. The van der Waals surface area contributed by atoms with Gasteiger partial charge in [0.05, 0.1) is 30.0 Å². The number of aromatic nitrogens is 1. The van der Waals surface area contributed by atoms with E-state index in [0.29, 0.717) is 6.42 Å². The molecule has 1 saturated heterocycles. The summed E-state index contributed by atoms with van der Waals surface area (Å²) in [5.41, 5.74) is 2.21. The first-order chi connectivity index (χ1) is 12.2.